The lowest BCUT2D eigenvalue weighted by Gasteiger charge is -2.48. The number of hydrogen-bond donors (Lipinski definition) is 2. The van der Waals surface area contributed by atoms with Crippen LogP contribution in [-0.4, -0.2) is 57.3 Å². The van der Waals surface area contributed by atoms with Gasteiger partial charge in [-0.25, -0.2) is 4.98 Å². The van der Waals surface area contributed by atoms with E-state index in [1.807, 2.05) is 37.3 Å². The summed E-state index contributed by atoms with van der Waals surface area (Å²) in [6.45, 7) is 3.61. The van der Waals surface area contributed by atoms with Gasteiger partial charge in [0.1, 0.15) is 17.8 Å². The predicted octanol–water partition coefficient (Wildman–Crippen LogP) is 2.48. The van der Waals surface area contributed by atoms with Gasteiger partial charge in [0.2, 0.25) is 0 Å². The van der Waals surface area contributed by atoms with E-state index in [4.69, 9.17) is 4.74 Å². The standard InChI is InChI=1S/C25H28N4O3/c1-17-7-8-22(32-2)21(11-17)29-14-20(26-16-29)24(31)28-10-9-25(23(30)15-28)12-18-5-3-4-6-19(18)13-27-25/h3-8,11,14,16,23,27,30H,9-10,12-13,15H2,1-2H3/t23-,25+/m1/s1. The fourth-order valence-corrected chi connectivity index (χ4v) is 4.88. The third-order valence-corrected chi connectivity index (χ3v) is 6.82. The summed E-state index contributed by atoms with van der Waals surface area (Å²) in [4.78, 5) is 19.2. The second-order valence-electron chi connectivity index (χ2n) is 8.81. The summed E-state index contributed by atoms with van der Waals surface area (Å²) in [6, 6.07) is 14.2. The Morgan fingerprint density at radius 1 is 1.25 bits per heavy atom. The van der Waals surface area contributed by atoms with E-state index in [0.29, 0.717) is 24.4 Å². The molecular formula is C25H28N4O3. The number of methoxy groups -OCH3 is 1. The van der Waals surface area contributed by atoms with Crippen LogP contribution in [0.15, 0.2) is 55.0 Å². The van der Waals surface area contributed by atoms with Crippen molar-refractivity contribution >= 4 is 5.91 Å². The Balaban J connectivity index is 1.32. The Bertz CT molecular complexity index is 1160. The maximum atomic E-state index is 13.2. The van der Waals surface area contributed by atoms with Crippen LogP contribution in [0, 0.1) is 6.92 Å². The number of aliphatic hydroxyl groups excluding tert-OH is 1. The van der Waals surface area contributed by atoms with Crippen molar-refractivity contribution in [1.82, 2.24) is 19.8 Å². The van der Waals surface area contributed by atoms with Crippen LogP contribution in [-0.2, 0) is 13.0 Å². The van der Waals surface area contributed by atoms with Crippen LogP contribution in [0.1, 0.15) is 33.6 Å². The maximum absolute atomic E-state index is 13.2. The number of ether oxygens (including phenoxy) is 1. The van der Waals surface area contributed by atoms with Crippen LogP contribution in [0.2, 0.25) is 0 Å². The Morgan fingerprint density at radius 3 is 2.84 bits per heavy atom. The lowest BCUT2D eigenvalue weighted by atomic mass is 9.76. The predicted molar refractivity (Wildman–Crippen MR) is 121 cm³/mol. The fourth-order valence-electron chi connectivity index (χ4n) is 4.88. The average molecular weight is 433 g/mol. The van der Waals surface area contributed by atoms with E-state index < -0.39 is 6.10 Å². The van der Waals surface area contributed by atoms with Gasteiger partial charge in [0.25, 0.3) is 5.91 Å². The molecule has 3 aromatic rings. The maximum Gasteiger partial charge on any atom is 0.274 e. The van der Waals surface area contributed by atoms with Gasteiger partial charge < -0.3 is 24.6 Å². The largest absolute Gasteiger partial charge is 0.495 e. The molecule has 2 aliphatic rings. The number of nitrogens with zero attached hydrogens (tertiary/aromatic N) is 3. The number of β-amino-alcohol motifs (C(OH)–C–C–N with tert-alkyl or cyclic N) is 1. The number of imidazole rings is 1. The molecule has 0 bridgehead atoms. The first-order valence-corrected chi connectivity index (χ1v) is 11.0. The number of likely N-dealkylation sites (tertiary alicyclic amines) is 1. The number of amides is 1. The molecule has 1 aromatic heterocycles. The summed E-state index contributed by atoms with van der Waals surface area (Å²) in [5, 5.41) is 14.6. The summed E-state index contributed by atoms with van der Waals surface area (Å²) in [5.41, 5.74) is 4.45. The average Bonchev–Trinajstić information content (AvgIpc) is 3.30. The van der Waals surface area contributed by atoms with Crippen LogP contribution < -0.4 is 10.1 Å². The second-order valence-corrected chi connectivity index (χ2v) is 8.81. The molecule has 0 unspecified atom stereocenters. The van der Waals surface area contributed by atoms with Crippen molar-refractivity contribution in [2.75, 3.05) is 20.2 Å². The lowest BCUT2D eigenvalue weighted by molar-refractivity contribution is -0.0140. The van der Waals surface area contributed by atoms with Crippen LogP contribution in [0.3, 0.4) is 0 Å². The number of piperidine rings is 1. The van der Waals surface area contributed by atoms with Gasteiger partial charge >= 0.3 is 0 Å². The summed E-state index contributed by atoms with van der Waals surface area (Å²) in [5.74, 6) is 0.548. The summed E-state index contributed by atoms with van der Waals surface area (Å²) < 4.78 is 7.27. The first-order valence-electron chi connectivity index (χ1n) is 11.0. The molecule has 2 aliphatic heterocycles. The molecule has 1 saturated heterocycles. The Hall–Kier alpha value is -3.16. The second kappa shape index (κ2) is 8.07. The Morgan fingerprint density at radius 2 is 2.06 bits per heavy atom. The normalized spacial score (nSPS) is 22.6. The zero-order valence-corrected chi connectivity index (χ0v) is 18.4. The van der Waals surface area contributed by atoms with E-state index in [0.717, 1.165) is 24.2 Å². The van der Waals surface area contributed by atoms with E-state index in [1.54, 1.807) is 29.1 Å². The molecule has 0 aliphatic carbocycles. The molecule has 7 heteroatoms. The van der Waals surface area contributed by atoms with Gasteiger partial charge in [0.15, 0.2) is 0 Å². The number of hydrogen-bond acceptors (Lipinski definition) is 5. The molecular weight excluding hydrogens is 404 g/mol. The minimum absolute atomic E-state index is 0.166. The van der Waals surface area contributed by atoms with Gasteiger partial charge in [-0.3, -0.25) is 4.79 Å². The summed E-state index contributed by atoms with van der Waals surface area (Å²) >= 11 is 0. The Labute approximate surface area is 187 Å². The smallest absolute Gasteiger partial charge is 0.274 e. The van der Waals surface area contributed by atoms with Gasteiger partial charge in [0.05, 0.1) is 24.4 Å². The van der Waals surface area contributed by atoms with Crippen molar-refractivity contribution in [1.29, 1.82) is 0 Å². The van der Waals surface area contributed by atoms with Crippen molar-refractivity contribution in [3.63, 3.8) is 0 Å². The first kappa shape index (κ1) is 20.7. The van der Waals surface area contributed by atoms with Crippen molar-refractivity contribution in [2.45, 2.75) is 38.0 Å². The molecule has 166 valence electrons. The molecule has 1 fully saturated rings. The van der Waals surface area contributed by atoms with Crippen LogP contribution in [0.5, 0.6) is 5.75 Å². The number of fused-ring (bicyclic) bond motifs is 1. The molecule has 32 heavy (non-hydrogen) atoms. The van der Waals surface area contributed by atoms with E-state index in [1.165, 1.54) is 11.1 Å². The van der Waals surface area contributed by atoms with E-state index in [-0.39, 0.29) is 18.0 Å². The molecule has 1 amide bonds. The number of aromatic nitrogens is 2. The van der Waals surface area contributed by atoms with Gasteiger partial charge in [-0.15, -0.1) is 0 Å². The fraction of sp³-hybridized carbons (Fsp3) is 0.360. The van der Waals surface area contributed by atoms with E-state index in [9.17, 15) is 9.90 Å². The van der Waals surface area contributed by atoms with Gasteiger partial charge in [-0.1, -0.05) is 30.3 Å². The zero-order valence-electron chi connectivity index (χ0n) is 18.4. The zero-order chi connectivity index (χ0) is 22.3. The number of aliphatic hydroxyl groups is 1. The van der Waals surface area contributed by atoms with Crippen LogP contribution in [0.4, 0.5) is 0 Å². The van der Waals surface area contributed by atoms with Crippen molar-refractivity contribution < 1.29 is 14.6 Å². The van der Waals surface area contributed by atoms with Crippen molar-refractivity contribution in [3.05, 3.63) is 77.4 Å². The topological polar surface area (TPSA) is 79.6 Å². The highest BCUT2D eigenvalue weighted by Gasteiger charge is 2.45. The molecule has 2 N–H and O–H groups in total. The van der Waals surface area contributed by atoms with Crippen molar-refractivity contribution in [3.8, 4) is 11.4 Å². The van der Waals surface area contributed by atoms with E-state index in [2.05, 4.69) is 22.4 Å². The third-order valence-electron chi connectivity index (χ3n) is 6.82. The minimum Gasteiger partial charge on any atom is -0.495 e. The quantitative estimate of drug-likeness (QED) is 0.665. The highest BCUT2D eigenvalue weighted by atomic mass is 16.5. The Kier molecular flexibility index (Phi) is 5.23. The number of carbonyl (C=O) groups excluding carboxylic acids is 1. The summed E-state index contributed by atoms with van der Waals surface area (Å²) in [7, 11) is 1.62. The SMILES string of the molecule is COc1ccc(C)cc1-n1cnc(C(=O)N2CC[C@]3(Cc4ccccc4CN3)[C@H](O)C2)c1. The highest BCUT2D eigenvalue weighted by molar-refractivity contribution is 5.92. The first-order chi connectivity index (χ1) is 15.5. The molecule has 2 aromatic carbocycles. The minimum atomic E-state index is -0.646. The number of nitrogens with one attached hydrogen (secondary N) is 1. The molecule has 0 radical (unpaired) electrons. The number of rotatable bonds is 3. The number of carbonyl (C=O) groups is 1. The van der Waals surface area contributed by atoms with Gasteiger partial charge in [0, 0.05) is 25.8 Å². The molecule has 1 spiro atoms. The molecule has 3 heterocycles. The number of aryl methyl sites for hydroxylation is 1. The van der Waals surface area contributed by atoms with Crippen LogP contribution in [0.25, 0.3) is 5.69 Å². The van der Waals surface area contributed by atoms with Crippen LogP contribution >= 0.6 is 0 Å². The summed E-state index contributed by atoms with van der Waals surface area (Å²) in [6.07, 6.45) is 4.18. The van der Waals surface area contributed by atoms with Gasteiger partial charge in [-0.2, -0.15) is 0 Å². The molecule has 0 saturated carbocycles. The lowest BCUT2D eigenvalue weighted by Crippen LogP contribution is -2.65. The molecule has 5 rings (SSSR count). The third kappa shape index (κ3) is 3.57. The highest BCUT2D eigenvalue weighted by Crippen LogP contribution is 2.32. The van der Waals surface area contributed by atoms with E-state index >= 15 is 0 Å². The van der Waals surface area contributed by atoms with Crippen molar-refractivity contribution in [2.24, 2.45) is 0 Å². The van der Waals surface area contributed by atoms with Gasteiger partial charge in [-0.05, 0) is 48.6 Å². The monoisotopic (exact) mass is 432 g/mol. The molecule has 7 nitrogen and oxygen atoms in total. The number of benzene rings is 2. The molecule has 2 atom stereocenters.